The van der Waals surface area contributed by atoms with Crippen molar-refractivity contribution in [2.24, 2.45) is 0 Å². The molecular weight excluding hydrogens is 391 g/mol. The molecule has 6 heteroatoms. The molecule has 29 heavy (non-hydrogen) atoms. The Morgan fingerprint density at radius 3 is 2.52 bits per heavy atom. The molecule has 0 saturated heterocycles. The quantitative estimate of drug-likeness (QED) is 0.521. The average Bonchev–Trinajstić information content (AvgIpc) is 2.69. The molecule has 150 valence electrons. The number of rotatable bonds is 7. The zero-order chi connectivity index (χ0) is 20.8. The minimum atomic E-state index is -0.276. The highest BCUT2D eigenvalue weighted by Gasteiger charge is 2.09. The highest BCUT2D eigenvalue weighted by molar-refractivity contribution is 6.32. The Hall–Kier alpha value is -3.05. The van der Waals surface area contributed by atoms with Crippen LogP contribution < -0.4 is 15.4 Å². The summed E-state index contributed by atoms with van der Waals surface area (Å²) in [4.78, 5) is 12.2. The molecule has 0 atom stereocenters. The first-order chi connectivity index (χ1) is 13.9. The van der Waals surface area contributed by atoms with Crippen LogP contribution in [0.1, 0.15) is 16.7 Å². The third-order valence-corrected chi connectivity index (χ3v) is 4.66. The standard InChI is InChI=1S/C23H22ClFN2O2/c1-15-3-4-16(2)21(11-15)27-23(28)14-29-22-10-5-17(12-20(22)24)13-26-19-8-6-18(25)7-9-19/h3-12,26H,13-14H2,1-2H3,(H,27,28). The van der Waals surface area contributed by atoms with E-state index in [-0.39, 0.29) is 18.3 Å². The summed E-state index contributed by atoms with van der Waals surface area (Å²) in [7, 11) is 0. The van der Waals surface area contributed by atoms with Gasteiger partial charge in [-0.25, -0.2) is 4.39 Å². The largest absolute Gasteiger partial charge is 0.482 e. The van der Waals surface area contributed by atoms with E-state index in [4.69, 9.17) is 16.3 Å². The summed E-state index contributed by atoms with van der Waals surface area (Å²) >= 11 is 6.29. The Bertz CT molecular complexity index is 1010. The van der Waals surface area contributed by atoms with Crippen LogP contribution in [0.3, 0.4) is 0 Å². The van der Waals surface area contributed by atoms with E-state index in [1.165, 1.54) is 12.1 Å². The minimum Gasteiger partial charge on any atom is -0.482 e. The van der Waals surface area contributed by atoms with Crippen molar-refractivity contribution in [3.63, 3.8) is 0 Å². The Morgan fingerprint density at radius 1 is 1.03 bits per heavy atom. The highest BCUT2D eigenvalue weighted by atomic mass is 35.5. The lowest BCUT2D eigenvalue weighted by atomic mass is 10.1. The first-order valence-electron chi connectivity index (χ1n) is 9.18. The smallest absolute Gasteiger partial charge is 0.262 e. The number of ether oxygens (including phenoxy) is 1. The number of carbonyl (C=O) groups is 1. The maximum absolute atomic E-state index is 12.9. The van der Waals surface area contributed by atoms with Crippen LogP contribution >= 0.6 is 11.6 Å². The molecule has 0 aromatic heterocycles. The van der Waals surface area contributed by atoms with Crippen LogP contribution in [-0.2, 0) is 11.3 Å². The van der Waals surface area contributed by atoms with E-state index in [1.54, 1.807) is 24.3 Å². The van der Waals surface area contributed by atoms with E-state index >= 15 is 0 Å². The van der Waals surface area contributed by atoms with Crippen molar-refractivity contribution < 1.29 is 13.9 Å². The van der Waals surface area contributed by atoms with Crippen molar-refractivity contribution in [2.45, 2.75) is 20.4 Å². The summed E-state index contributed by atoms with van der Waals surface area (Å²) < 4.78 is 18.5. The number of benzene rings is 3. The van der Waals surface area contributed by atoms with Crippen molar-refractivity contribution in [3.8, 4) is 5.75 Å². The van der Waals surface area contributed by atoms with Gasteiger partial charge in [0.25, 0.3) is 5.91 Å². The summed E-state index contributed by atoms with van der Waals surface area (Å²) in [5.74, 6) is -0.0909. The fraction of sp³-hybridized carbons (Fsp3) is 0.174. The van der Waals surface area contributed by atoms with Gasteiger partial charge in [0.05, 0.1) is 5.02 Å². The molecule has 2 N–H and O–H groups in total. The van der Waals surface area contributed by atoms with Gasteiger partial charge in [0.15, 0.2) is 6.61 Å². The van der Waals surface area contributed by atoms with Gasteiger partial charge in [0.2, 0.25) is 0 Å². The van der Waals surface area contributed by atoms with Gasteiger partial charge in [-0.15, -0.1) is 0 Å². The number of hydrogen-bond acceptors (Lipinski definition) is 3. The Kier molecular flexibility index (Phi) is 6.73. The second-order valence-corrected chi connectivity index (χ2v) is 7.19. The number of hydrogen-bond donors (Lipinski definition) is 2. The molecule has 0 spiro atoms. The van der Waals surface area contributed by atoms with Gasteiger partial charge in [-0.1, -0.05) is 29.8 Å². The van der Waals surface area contributed by atoms with Crippen LogP contribution in [0.25, 0.3) is 0 Å². The molecule has 4 nitrogen and oxygen atoms in total. The van der Waals surface area contributed by atoms with E-state index < -0.39 is 0 Å². The van der Waals surface area contributed by atoms with E-state index in [0.717, 1.165) is 28.1 Å². The molecule has 0 unspecified atom stereocenters. The Morgan fingerprint density at radius 2 is 1.79 bits per heavy atom. The van der Waals surface area contributed by atoms with E-state index in [9.17, 15) is 9.18 Å². The number of amides is 1. The maximum Gasteiger partial charge on any atom is 0.262 e. The van der Waals surface area contributed by atoms with Gasteiger partial charge in [0, 0.05) is 17.9 Å². The van der Waals surface area contributed by atoms with Gasteiger partial charge in [0.1, 0.15) is 11.6 Å². The van der Waals surface area contributed by atoms with E-state index in [1.807, 2.05) is 38.1 Å². The summed E-state index contributed by atoms with van der Waals surface area (Å²) in [6.07, 6.45) is 0. The van der Waals surface area contributed by atoms with Crippen molar-refractivity contribution >= 4 is 28.9 Å². The summed E-state index contributed by atoms with van der Waals surface area (Å²) in [5, 5.41) is 6.46. The predicted molar refractivity (Wildman–Crippen MR) is 115 cm³/mol. The molecule has 0 heterocycles. The van der Waals surface area contributed by atoms with Crippen LogP contribution in [0.5, 0.6) is 5.75 Å². The second kappa shape index (κ2) is 9.43. The molecule has 1 amide bonds. The summed E-state index contributed by atoms with van der Waals surface area (Å²) in [6, 6.07) is 17.4. The molecule has 3 aromatic rings. The summed E-state index contributed by atoms with van der Waals surface area (Å²) in [5.41, 5.74) is 4.57. The van der Waals surface area contributed by atoms with Crippen LogP contribution in [0.4, 0.5) is 15.8 Å². The fourth-order valence-corrected chi connectivity index (χ4v) is 3.00. The van der Waals surface area contributed by atoms with Crippen LogP contribution in [-0.4, -0.2) is 12.5 Å². The Labute approximate surface area is 174 Å². The molecule has 3 rings (SSSR count). The van der Waals surface area contributed by atoms with E-state index in [2.05, 4.69) is 10.6 Å². The Balaban J connectivity index is 1.54. The third-order valence-electron chi connectivity index (χ3n) is 4.36. The maximum atomic E-state index is 12.9. The molecule has 0 fully saturated rings. The predicted octanol–water partition coefficient (Wildman–Crippen LogP) is 5.73. The lowest BCUT2D eigenvalue weighted by Crippen LogP contribution is -2.20. The fourth-order valence-electron chi connectivity index (χ4n) is 2.74. The molecule has 0 aliphatic carbocycles. The van der Waals surface area contributed by atoms with Gasteiger partial charge >= 0.3 is 0 Å². The lowest BCUT2D eigenvalue weighted by molar-refractivity contribution is -0.118. The second-order valence-electron chi connectivity index (χ2n) is 6.78. The van der Waals surface area contributed by atoms with Gasteiger partial charge in [-0.3, -0.25) is 4.79 Å². The number of halogens is 2. The molecule has 3 aromatic carbocycles. The number of aryl methyl sites for hydroxylation is 2. The zero-order valence-corrected chi connectivity index (χ0v) is 17.0. The third kappa shape index (κ3) is 5.96. The normalized spacial score (nSPS) is 10.5. The van der Waals surface area contributed by atoms with Gasteiger partial charge < -0.3 is 15.4 Å². The molecule has 0 aliphatic rings. The van der Waals surface area contributed by atoms with Gasteiger partial charge in [-0.05, 0) is 73.0 Å². The van der Waals surface area contributed by atoms with Crippen molar-refractivity contribution in [1.29, 1.82) is 0 Å². The molecule has 0 radical (unpaired) electrons. The molecule has 0 saturated carbocycles. The molecule has 0 bridgehead atoms. The average molecular weight is 413 g/mol. The molecule has 0 aliphatic heterocycles. The van der Waals surface area contributed by atoms with Crippen molar-refractivity contribution in [1.82, 2.24) is 0 Å². The van der Waals surface area contributed by atoms with Crippen LogP contribution in [0.15, 0.2) is 60.7 Å². The number of carbonyl (C=O) groups excluding carboxylic acids is 1. The van der Waals surface area contributed by atoms with Crippen LogP contribution in [0.2, 0.25) is 5.02 Å². The van der Waals surface area contributed by atoms with E-state index in [0.29, 0.717) is 17.3 Å². The molecular formula is C23H22ClFN2O2. The number of nitrogens with one attached hydrogen (secondary N) is 2. The van der Waals surface area contributed by atoms with Gasteiger partial charge in [-0.2, -0.15) is 0 Å². The monoisotopic (exact) mass is 412 g/mol. The minimum absolute atomic E-state index is 0.139. The first-order valence-corrected chi connectivity index (χ1v) is 9.56. The summed E-state index contributed by atoms with van der Waals surface area (Å²) in [6.45, 7) is 4.29. The number of anilines is 2. The van der Waals surface area contributed by atoms with Crippen molar-refractivity contribution in [2.75, 3.05) is 17.2 Å². The lowest BCUT2D eigenvalue weighted by Gasteiger charge is -2.12. The first kappa shape index (κ1) is 20.7. The zero-order valence-electron chi connectivity index (χ0n) is 16.3. The topological polar surface area (TPSA) is 50.4 Å². The van der Waals surface area contributed by atoms with Crippen molar-refractivity contribution in [3.05, 3.63) is 88.2 Å². The van der Waals surface area contributed by atoms with Crippen LogP contribution in [0, 0.1) is 19.7 Å². The highest BCUT2D eigenvalue weighted by Crippen LogP contribution is 2.26. The SMILES string of the molecule is Cc1ccc(C)c(NC(=O)COc2ccc(CNc3ccc(F)cc3)cc2Cl)c1.